The van der Waals surface area contributed by atoms with Crippen LogP contribution in [0.5, 0.6) is 0 Å². The molecule has 0 radical (unpaired) electrons. The molecule has 0 amide bonds. The Bertz CT molecular complexity index is 318. The molecule has 2 heteroatoms. The van der Waals surface area contributed by atoms with Crippen LogP contribution < -0.4 is 3.55 Å². The molecule has 0 saturated heterocycles. The summed E-state index contributed by atoms with van der Waals surface area (Å²) in [5, 5.41) is 1.37. The molecule has 0 fully saturated rings. The molecule has 0 spiro atoms. The van der Waals surface area contributed by atoms with Gasteiger partial charge in [-0.2, -0.15) is 0 Å². The Morgan fingerprint density at radius 2 is 2.00 bits per heavy atom. The summed E-state index contributed by atoms with van der Waals surface area (Å²) in [6, 6.07) is 10.7. The second-order valence-electron chi connectivity index (χ2n) is 2.39. The molecular weight excluding hydrogens is 135 g/mol. The summed E-state index contributed by atoms with van der Waals surface area (Å²) in [4.78, 5) is 0. The Morgan fingerprint density at radius 1 is 1.20 bits per heavy atom. The van der Waals surface area contributed by atoms with Crippen molar-refractivity contribution in [1.29, 1.82) is 0 Å². The van der Waals surface area contributed by atoms with E-state index in [-0.39, 0.29) is 0 Å². The number of hydrogen-bond acceptors (Lipinski definition) is 1. The van der Waals surface area contributed by atoms with E-state index >= 15 is 0 Å². The first-order valence-corrected chi connectivity index (χ1v) is 4.13. The first-order chi connectivity index (χ1) is 4.86. The number of benzene rings is 1. The zero-order valence-corrected chi connectivity index (χ0v) is 6.61. The van der Waals surface area contributed by atoms with Crippen molar-refractivity contribution in [2.45, 2.75) is 0 Å². The minimum absolute atomic E-state index is 1.37. The van der Waals surface area contributed by atoms with Gasteiger partial charge in [-0.25, -0.2) is 0 Å². The van der Waals surface area contributed by atoms with Crippen LogP contribution in [0.25, 0.3) is 10.1 Å². The number of hydrogen-bond donors (Lipinski definition) is 0. The van der Waals surface area contributed by atoms with Crippen molar-refractivity contribution >= 4 is 42.7 Å². The maximum absolute atomic E-state index is 2.22. The third-order valence-electron chi connectivity index (χ3n) is 1.55. The molecule has 44 valence electrons. The third-order valence-corrected chi connectivity index (χ3v) is 2.58. The standard InChI is InChI=1S/C8H5S.Li/c1-2-4-8-7(3-1)5-6-9-8;/h1-5H;. The van der Waals surface area contributed by atoms with E-state index in [1.165, 1.54) is 13.6 Å². The van der Waals surface area contributed by atoms with E-state index < -0.39 is 0 Å². The second kappa shape index (κ2) is 2.43. The van der Waals surface area contributed by atoms with Crippen LogP contribution in [0.15, 0.2) is 30.3 Å². The van der Waals surface area contributed by atoms with Crippen molar-refractivity contribution in [2.75, 3.05) is 0 Å². The van der Waals surface area contributed by atoms with Gasteiger partial charge in [-0.3, -0.25) is 0 Å². The molecule has 0 unspecified atom stereocenters. The molecule has 0 aliphatic rings. The van der Waals surface area contributed by atoms with E-state index in [1.54, 1.807) is 0 Å². The van der Waals surface area contributed by atoms with Crippen LogP contribution in [-0.4, -0.2) is 17.7 Å². The Labute approximate surface area is 73.1 Å². The molecular formula is C8H5LiS. The van der Waals surface area contributed by atoms with E-state index in [4.69, 9.17) is 0 Å². The molecule has 0 N–H and O–H groups in total. The van der Waals surface area contributed by atoms with Crippen LogP contribution >= 0.6 is 11.3 Å². The molecule has 2 aromatic rings. The molecule has 0 nitrogen and oxygen atoms in total. The first-order valence-electron chi connectivity index (χ1n) is 3.31. The van der Waals surface area contributed by atoms with Gasteiger partial charge in [0.15, 0.2) is 0 Å². The van der Waals surface area contributed by atoms with Crippen molar-refractivity contribution in [3.8, 4) is 0 Å². The van der Waals surface area contributed by atoms with Crippen molar-refractivity contribution < 1.29 is 0 Å². The van der Waals surface area contributed by atoms with Gasteiger partial charge >= 0.3 is 73.0 Å². The summed E-state index contributed by atoms with van der Waals surface area (Å²) < 4.78 is 2.78. The SMILES string of the molecule is [Li][c]1cc2ccccc2s1. The molecule has 0 atom stereocenters. The van der Waals surface area contributed by atoms with Crippen molar-refractivity contribution in [3.05, 3.63) is 30.3 Å². The van der Waals surface area contributed by atoms with Gasteiger partial charge < -0.3 is 0 Å². The van der Waals surface area contributed by atoms with Crippen LogP contribution in [0.1, 0.15) is 0 Å². The summed E-state index contributed by atoms with van der Waals surface area (Å²) in [5.41, 5.74) is 0. The van der Waals surface area contributed by atoms with Gasteiger partial charge in [0.2, 0.25) is 0 Å². The van der Waals surface area contributed by atoms with Gasteiger partial charge in [-0.05, 0) is 0 Å². The van der Waals surface area contributed by atoms with Crippen molar-refractivity contribution in [3.63, 3.8) is 0 Å². The Balaban J connectivity index is 2.88. The summed E-state index contributed by atoms with van der Waals surface area (Å²) in [5.74, 6) is 0. The van der Waals surface area contributed by atoms with E-state index in [0.717, 1.165) is 0 Å². The minimum atomic E-state index is 1.37. The topological polar surface area (TPSA) is 0 Å². The van der Waals surface area contributed by atoms with Crippen molar-refractivity contribution in [1.82, 2.24) is 0 Å². The fourth-order valence-corrected chi connectivity index (χ4v) is 2.04. The second-order valence-corrected chi connectivity index (χ2v) is 3.68. The summed E-state index contributed by atoms with van der Waals surface area (Å²) in [7, 11) is 0. The third kappa shape index (κ3) is 1.01. The summed E-state index contributed by atoms with van der Waals surface area (Å²) >= 11 is 4.00. The predicted octanol–water partition coefficient (Wildman–Crippen LogP) is 1.70. The van der Waals surface area contributed by atoms with Gasteiger partial charge in [0, 0.05) is 0 Å². The predicted molar refractivity (Wildman–Crippen MR) is 47.2 cm³/mol. The molecule has 0 saturated carbocycles. The molecule has 10 heavy (non-hydrogen) atoms. The first kappa shape index (κ1) is 6.49. The Hall–Kier alpha value is -0.223. The molecule has 1 aromatic heterocycles. The van der Waals surface area contributed by atoms with Gasteiger partial charge in [0.1, 0.15) is 0 Å². The number of fused-ring (bicyclic) bond motifs is 1. The van der Waals surface area contributed by atoms with Gasteiger partial charge in [-0.15, -0.1) is 0 Å². The number of rotatable bonds is 0. The monoisotopic (exact) mass is 140 g/mol. The van der Waals surface area contributed by atoms with E-state index in [1.807, 2.05) is 11.3 Å². The fourth-order valence-electron chi connectivity index (χ4n) is 1.11. The van der Waals surface area contributed by atoms with E-state index in [2.05, 4.69) is 48.0 Å². The zero-order valence-electron chi connectivity index (χ0n) is 5.79. The molecule has 0 bridgehead atoms. The van der Waals surface area contributed by atoms with Crippen molar-refractivity contribution in [2.24, 2.45) is 0 Å². The maximum atomic E-state index is 2.22. The van der Waals surface area contributed by atoms with E-state index in [9.17, 15) is 0 Å². The van der Waals surface area contributed by atoms with Gasteiger partial charge in [0.25, 0.3) is 0 Å². The zero-order chi connectivity index (χ0) is 6.97. The van der Waals surface area contributed by atoms with Crippen LogP contribution in [0, 0.1) is 0 Å². The van der Waals surface area contributed by atoms with Crippen LogP contribution in [0.2, 0.25) is 0 Å². The molecule has 2 rings (SSSR count). The van der Waals surface area contributed by atoms with Crippen LogP contribution in [0.3, 0.4) is 0 Å². The normalized spacial score (nSPS) is 10.6. The fraction of sp³-hybridized carbons (Fsp3) is 0. The Morgan fingerprint density at radius 3 is 2.80 bits per heavy atom. The Kier molecular flexibility index (Phi) is 1.58. The molecule has 0 aliphatic heterocycles. The van der Waals surface area contributed by atoms with E-state index in [0.29, 0.717) is 0 Å². The molecule has 0 aliphatic carbocycles. The van der Waals surface area contributed by atoms with Gasteiger partial charge in [0.05, 0.1) is 0 Å². The number of thiophene rings is 1. The summed E-state index contributed by atoms with van der Waals surface area (Å²) in [6.07, 6.45) is 0. The molecule has 1 heterocycles. The van der Waals surface area contributed by atoms with Gasteiger partial charge in [-0.1, -0.05) is 0 Å². The average Bonchev–Trinajstić information content (AvgIpc) is 2.27. The van der Waals surface area contributed by atoms with Crippen LogP contribution in [0.4, 0.5) is 0 Å². The van der Waals surface area contributed by atoms with Crippen LogP contribution in [-0.2, 0) is 0 Å². The quantitative estimate of drug-likeness (QED) is 0.488. The summed E-state index contributed by atoms with van der Waals surface area (Å²) in [6.45, 7) is 0. The average molecular weight is 140 g/mol. The molecule has 1 aromatic carbocycles.